The van der Waals surface area contributed by atoms with Gasteiger partial charge in [-0.15, -0.1) is 0 Å². The first-order valence-electron chi connectivity index (χ1n) is 4.40. The Hall–Kier alpha value is -1.52. The second-order valence-corrected chi connectivity index (χ2v) is 3.00. The number of nitrogens with one attached hydrogen (secondary N) is 3. The van der Waals surface area contributed by atoms with Gasteiger partial charge < -0.3 is 15.6 Å². The number of nitrogens with zero attached hydrogens (tertiary/aromatic N) is 2. The zero-order valence-electron chi connectivity index (χ0n) is 7.54. The molecule has 2 rings (SSSR count). The number of aliphatic imine (C=N–C) groups is 1. The average Bonchev–Trinajstić information content (AvgIpc) is 2.74. The van der Waals surface area contributed by atoms with Gasteiger partial charge in [-0.1, -0.05) is 0 Å². The van der Waals surface area contributed by atoms with Gasteiger partial charge >= 0.3 is 0 Å². The Labute approximate surface area is 76.7 Å². The molecule has 0 fully saturated rings. The summed E-state index contributed by atoms with van der Waals surface area (Å²) >= 11 is 0. The molecule has 0 aliphatic carbocycles. The first-order valence-corrected chi connectivity index (χ1v) is 4.40. The molecule has 0 amide bonds. The summed E-state index contributed by atoms with van der Waals surface area (Å²) in [6.07, 6.45) is 3.56. The van der Waals surface area contributed by atoms with Crippen LogP contribution in [0.25, 0.3) is 0 Å². The van der Waals surface area contributed by atoms with Crippen LogP contribution in [0.1, 0.15) is 18.8 Å². The van der Waals surface area contributed by atoms with Crippen LogP contribution in [0.15, 0.2) is 17.4 Å². The summed E-state index contributed by atoms with van der Waals surface area (Å²) in [5.74, 6) is 1.79. The molecule has 1 aromatic heterocycles. The molecule has 1 atom stereocenters. The number of hydrogen-bond donors (Lipinski definition) is 3. The van der Waals surface area contributed by atoms with E-state index in [2.05, 4.69) is 25.6 Å². The van der Waals surface area contributed by atoms with E-state index in [0.717, 1.165) is 24.9 Å². The fourth-order valence-corrected chi connectivity index (χ4v) is 1.28. The van der Waals surface area contributed by atoms with Crippen molar-refractivity contribution in [3.8, 4) is 0 Å². The van der Waals surface area contributed by atoms with Gasteiger partial charge in [-0.2, -0.15) is 0 Å². The molecular formula is C8H13N5. The number of guanidine groups is 1. The molecule has 5 nitrogen and oxygen atoms in total. The molecule has 2 heterocycles. The summed E-state index contributed by atoms with van der Waals surface area (Å²) in [5, 5.41) is 6.37. The van der Waals surface area contributed by atoms with E-state index in [1.807, 2.05) is 13.1 Å². The molecule has 1 aliphatic rings. The molecule has 0 spiro atoms. The van der Waals surface area contributed by atoms with E-state index in [0.29, 0.717) is 0 Å². The van der Waals surface area contributed by atoms with Gasteiger partial charge in [0.25, 0.3) is 0 Å². The fraction of sp³-hybridized carbons (Fsp3) is 0.500. The number of aromatic nitrogens is 2. The van der Waals surface area contributed by atoms with Crippen molar-refractivity contribution in [1.29, 1.82) is 0 Å². The number of rotatable bonds is 2. The molecule has 0 saturated heterocycles. The van der Waals surface area contributed by atoms with Crippen molar-refractivity contribution in [3.63, 3.8) is 0 Å². The highest BCUT2D eigenvalue weighted by atomic mass is 15.2. The minimum absolute atomic E-state index is 0.166. The minimum atomic E-state index is 0.166. The van der Waals surface area contributed by atoms with E-state index in [4.69, 9.17) is 0 Å². The van der Waals surface area contributed by atoms with Crippen LogP contribution in [-0.2, 0) is 0 Å². The van der Waals surface area contributed by atoms with Gasteiger partial charge in [0, 0.05) is 18.9 Å². The summed E-state index contributed by atoms with van der Waals surface area (Å²) in [6.45, 7) is 3.82. The first kappa shape index (κ1) is 8.10. The lowest BCUT2D eigenvalue weighted by Crippen LogP contribution is -2.35. The predicted molar refractivity (Wildman–Crippen MR) is 50.4 cm³/mol. The Morgan fingerprint density at radius 3 is 3.15 bits per heavy atom. The van der Waals surface area contributed by atoms with Crippen molar-refractivity contribution in [2.24, 2.45) is 4.99 Å². The normalized spacial score (nSPS) is 17.8. The van der Waals surface area contributed by atoms with Crippen LogP contribution in [0.5, 0.6) is 0 Å². The van der Waals surface area contributed by atoms with Crippen LogP contribution in [0.2, 0.25) is 0 Å². The summed E-state index contributed by atoms with van der Waals surface area (Å²) in [5.41, 5.74) is 0. The molecule has 70 valence electrons. The summed E-state index contributed by atoms with van der Waals surface area (Å²) in [6, 6.07) is 0.166. The van der Waals surface area contributed by atoms with Crippen LogP contribution < -0.4 is 10.6 Å². The monoisotopic (exact) mass is 179 g/mol. The van der Waals surface area contributed by atoms with E-state index in [-0.39, 0.29) is 6.04 Å². The maximum atomic E-state index is 4.24. The summed E-state index contributed by atoms with van der Waals surface area (Å²) in [4.78, 5) is 11.5. The molecule has 0 aromatic carbocycles. The molecular weight excluding hydrogens is 166 g/mol. The van der Waals surface area contributed by atoms with Crippen molar-refractivity contribution >= 4 is 5.96 Å². The Balaban J connectivity index is 1.95. The number of H-pyrrole nitrogens is 1. The first-order chi connectivity index (χ1) is 6.36. The Kier molecular flexibility index (Phi) is 2.16. The molecule has 13 heavy (non-hydrogen) atoms. The minimum Gasteiger partial charge on any atom is -0.355 e. The van der Waals surface area contributed by atoms with Gasteiger partial charge in [0.05, 0.1) is 12.6 Å². The zero-order valence-corrected chi connectivity index (χ0v) is 7.54. The van der Waals surface area contributed by atoms with Crippen LogP contribution in [-0.4, -0.2) is 29.0 Å². The van der Waals surface area contributed by atoms with Crippen molar-refractivity contribution in [3.05, 3.63) is 18.2 Å². The molecule has 0 saturated carbocycles. The van der Waals surface area contributed by atoms with E-state index < -0.39 is 0 Å². The highest BCUT2D eigenvalue weighted by Gasteiger charge is 2.11. The number of imidazole rings is 1. The van der Waals surface area contributed by atoms with Gasteiger partial charge in [-0.3, -0.25) is 4.99 Å². The van der Waals surface area contributed by atoms with Crippen molar-refractivity contribution in [2.45, 2.75) is 13.0 Å². The summed E-state index contributed by atoms with van der Waals surface area (Å²) < 4.78 is 0. The molecule has 3 N–H and O–H groups in total. The van der Waals surface area contributed by atoms with Gasteiger partial charge in [0.2, 0.25) is 0 Å². The van der Waals surface area contributed by atoms with Gasteiger partial charge in [-0.05, 0) is 6.92 Å². The molecule has 0 radical (unpaired) electrons. The van der Waals surface area contributed by atoms with Crippen molar-refractivity contribution in [1.82, 2.24) is 20.6 Å². The number of aromatic amines is 1. The second kappa shape index (κ2) is 3.47. The molecule has 1 unspecified atom stereocenters. The molecule has 0 bridgehead atoms. The predicted octanol–water partition coefficient (Wildman–Crippen LogP) is 0.0195. The SMILES string of the molecule is CC(NC1=NCCN1)c1ncc[nH]1. The highest BCUT2D eigenvalue weighted by Crippen LogP contribution is 2.04. The van der Waals surface area contributed by atoms with E-state index in [1.165, 1.54) is 0 Å². The zero-order chi connectivity index (χ0) is 9.10. The largest absolute Gasteiger partial charge is 0.355 e. The van der Waals surface area contributed by atoms with E-state index in [9.17, 15) is 0 Å². The van der Waals surface area contributed by atoms with E-state index in [1.54, 1.807) is 6.20 Å². The number of hydrogen-bond acceptors (Lipinski definition) is 4. The van der Waals surface area contributed by atoms with Crippen LogP contribution in [0, 0.1) is 0 Å². The maximum Gasteiger partial charge on any atom is 0.191 e. The third-order valence-electron chi connectivity index (χ3n) is 1.96. The van der Waals surface area contributed by atoms with Crippen molar-refractivity contribution < 1.29 is 0 Å². The Morgan fingerprint density at radius 2 is 2.54 bits per heavy atom. The van der Waals surface area contributed by atoms with Crippen LogP contribution in [0.4, 0.5) is 0 Å². The second-order valence-electron chi connectivity index (χ2n) is 3.00. The quantitative estimate of drug-likeness (QED) is 0.599. The third kappa shape index (κ3) is 1.80. The lowest BCUT2D eigenvalue weighted by molar-refractivity contribution is 0.662. The molecule has 1 aromatic rings. The topological polar surface area (TPSA) is 65.1 Å². The lowest BCUT2D eigenvalue weighted by atomic mass is 10.3. The maximum absolute atomic E-state index is 4.24. The van der Waals surface area contributed by atoms with Gasteiger partial charge in [0.1, 0.15) is 5.82 Å². The summed E-state index contributed by atoms with van der Waals surface area (Å²) in [7, 11) is 0. The average molecular weight is 179 g/mol. The lowest BCUT2D eigenvalue weighted by Gasteiger charge is -2.12. The Morgan fingerprint density at radius 1 is 1.62 bits per heavy atom. The van der Waals surface area contributed by atoms with Gasteiger partial charge in [0.15, 0.2) is 5.96 Å². The molecule has 5 heteroatoms. The van der Waals surface area contributed by atoms with Crippen LogP contribution >= 0.6 is 0 Å². The van der Waals surface area contributed by atoms with Crippen molar-refractivity contribution in [2.75, 3.05) is 13.1 Å². The third-order valence-corrected chi connectivity index (χ3v) is 1.96. The van der Waals surface area contributed by atoms with Crippen LogP contribution in [0.3, 0.4) is 0 Å². The van der Waals surface area contributed by atoms with Gasteiger partial charge in [-0.25, -0.2) is 4.98 Å². The highest BCUT2D eigenvalue weighted by molar-refractivity contribution is 5.81. The smallest absolute Gasteiger partial charge is 0.191 e. The van der Waals surface area contributed by atoms with E-state index >= 15 is 0 Å². The Bertz CT molecular complexity index is 289. The standard InChI is InChI=1S/C8H13N5/c1-6(7-9-2-3-10-7)13-8-11-4-5-12-8/h2-3,6H,4-5H2,1H3,(H,9,10)(H2,11,12,13). The molecule has 1 aliphatic heterocycles. The fourth-order valence-electron chi connectivity index (χ4n) is 1.28.